The molecule has 0 aliphatic heterocycles. The van der Waals surface area contributed by atoms with Crippen LogP contribution in [0.5, 0.6) is 0 Å². The Balaban J connectivity index is 2.17. The summed E-state index contributed by atoms with van der Waals surface area (Å²) >= 11 is 12.2. The minimum absolute atomic E-state index is 0.00368. The van der Waals surface area contributed by atoms with Crippen LogP contribution in [0.3, 0.4) is 0 Å². The Labute approximate surface area is 204 Å². The Bertz CT molecular complexity index is 1430. The first-order valence-electron chi connectivity index (χ1n) is 10.2. The van der Waals surface area contributed by atoms with E-state index in [1.54, 1.807) is 49.4 Å². The molecule has 1 atom stereocenters. The first kappa shape index (κ1) is 25.0. The van der Waals surface area contributed by atoms with Crippen LogP contribution in [0.25, 0.3) is 0 Å². The van der Waals surface area contributed by atoms with Crippen molar-refractivity contribution in [1.29, 1.82) is 5.26 Å². The number of aromatic amines is 1. The largest absolute Gasteiger partial charge is 0.469 e. The quantitative estimate of drug-likeness (QED) is 0.498. The van der Waals surface area contributed by atoms with Gasteiger partial charge in [-0.2, -0.15) is 5.26 Å². The van der Waals surface area contributed by atoms with Crippen molar-refractivity contribution >= 4 is 34.9 Å². The summed E-state index contributed by atoms with van der Waals surface area (Å²) in [6.45, 7) is 1.47. The SMILES string of the molecule is COC(=O)[C@@H](C)Cn1c(=O)[nH]/c(=N\c2ccc(CC#N)c(Cl)c2)n(Cc2ccc(Cl)cc2)c1=O. The van der Waals surface area contributed by atoms with Crippen LogP contribution in [0.15, 0.2) is 57.0 Å². The van der Waals surface area contributed by atoms with Crippen LogP contribution >= 0.6 is 23.2 Å². The van der Waals surface area contributed by atoms with Gasteiger partial charge >= 0.3 is 17.3 Å². The van der Waals surface area contributed by atoms with E-state index >= 15 is 0 Å². The van der Waals surface area contributed by atoms with Crippen molar-refractivity contribution in [2.75, 3.05) is 7.11 Å². The highest BCUT2D eigenvalue weighted by molar-refractivity contribution is 6.31. The van der Waals surface area contributed by atoms with E-state index in [-0.39, 0.29) is 25.1 Å². The Morgan fingerprint density at radius 1 is 1.18 bits per heavy atom. The molecule has 1 heterocycles. The minimum atomic E-state index is -0.723. The van der Waals surface area contributed by atoms with Crippen LogP contribution in [-0.2, 0) is 29.0 Å². The Kier molecular flexibility index (Phi) is 8.10. The molecule has 176 valence electrons. The Morgan fingerprint density at radius 3 is 2.50 bits per heavy atom. The zero-order chi connectivity index (χ0) is 24.8. The van der Waals surface area contributed by atoms with Gasteiger partial charge in [0, 0.05) is 16.6 Å². The maximum atomic E-state index is 13.3. The van der Waals surface area contributed by atoms with Crippen molar-refractivity contribution in [3.8, 4) is 6.07 Å². The highest BCUT2D eigenvalue weighted by Gasteiger charge is 2.18. The average molecular weight is 502 g/mol. The molecule has 0 bridgehead atoms. The van der Waals surface area contributed by atoms with E-state index in [1.165, 1.54) is 11.7 Å². The van der Waals surface area contributed by atoms with E-state index < -0.39 is 23.3 Å². The van der Waals surface area contributed by atoms with Crippen molar-refractivity contribution in [2.24, 2.45) is 10.9 Å². The van der Waals surface area contributed by atoms with Gasteiger partial charge in [0.05, 0.1) is 37.7 Å². The second-order valence-electron chi connectivity index (χ2n) is 7.51. The molecule has 11 heteroatoms. The lowest BCUT2D eigenvalue weighted by Gasteiger charge is -2.14. The third-order valence-corrected chi connectivity index (χ3v) is 5.64. The molecule has 0 radical (unpaired) electrons. The van der Waals surface area contributed by atoms with Crippen molar-refractivity contribution in [3.63, 3.8) is 0 Å². The van der Waals surface area contributed by atoms with Gasteiger partial charge in [-0.05, 0) is 35.4 Å². The molecule has 1 N–H and O–H groups in total. The third kappa shape index (κ3) is 5.84. The minimum Gasteiger partial charge on any atom is -0.469 e. The molecule has 0 spiro atoms. The first-order valence-corrected chi connectivity index (χ1v) is 11.0. The summed E-state index contributed by atoms with van der Waals surface area (Å²) in [5, 5.41) is 9.77. The summed E-state index contributed by atoms with van der Waals surface area (Å²) in [7, 11) is 1.24. The number of aromatic nitrogens is 3. The first-order chi connectivity index (χ1) is 16.2. The average Bonchev–Trinajstić information content (AvgIpc) is 2.81. The molecule has 2 aromatic carbocycles. The fourth-order valence-corrected chi connectivity index (χ4v) is 3.59. The number of methoxy groups -OCH3 is 1. The molecule has 3 aromatic rings. The molecule has 34 heavy (non-hydrogen) atoms. The fourth-order valence-electron chi connectivity index (χ4n) is 3.22. The molecular formula is C23H21Cl2N5O4. The molecule has 0 saturated carbocycles. The molecular weight excluding hydrogens is 481 g/mol. The number of hydrogen-bond acceptors (Lipinski definition) is 6. The molecule has 3 rings (SSSR count). The van der Waals surface area contributed by atoms with Crippen LogP contribution in [-0.4, -0.2) is 27.2 Å². The van der Waals surface area contributed by atoms with Gasteiger partial charge in [0.2, 0.25) is 5.62 Å². The molecule has 9 nitrogen and oxygen atoms in total. The number of nitrogens with zero attached hydrogens (tertiary/aromatic N) is 4. The number of esters is 1. The van der Waals surface area contributed by atoms with Crippen molar-refractivity contribution < 1.29 is 9.53 Å². The van der Waals surface area contributed by atoms with E-state index in [0.717, 1.165) is 10.1 Å². The van der Waals surface area contributed by atoms with Gasteiger partial charge < -0.3 is 4.74 Å². The normalized spacial score (nSPS) is 12.3. The standard InChI is InChI=1S/C23H21Cl2N5O4/c1-14(20(31)34-2)12-30-22(32)28-21(27-18-8-5-16(9-10-26)19(25)11-18)29(23(30)33)13-15-3-6-17(24)7-4-15/h3-8,11,14H,9,12-13H2,1-2H3,(H,27,28,32)/t14-/m0/s1. The summed E-state index contributed by atoms with van der Waals surface area (Å²) in [6, 6.07) is 13.7. The molecule has 0 unspecified atom stereocenters. The highest BCUT2D eigenvalue weighted by Crippen LogP contribution is 2.22. The fraction of sp³-hybridized carbons (Fsp3) is 0.261. The van der Waals surface area contributed by atoms with Gasteiger partial charge in [-0.1, -0.05) is 48.3 Å². The van der Waals surface area contributed by atoms with E-state index in [4.69, 9.17) is 33.2 Å². The second-order valence-corrected chi connectivity index (χ2v) is 8.35. The number of rotatable bonds is 7. The number of halogens is 2. The van der Waals surface area contributed by atoms with Gasteiger partial charge in [-0.15, -0.1) is 0 Å². The molecule has 0 amide bonds. The smallest absolute Gasteiger partial charge is 0.335 e. The number of H-pyrrole nitrogens is 1. The number of benzene rings is 2. The molecule has 1 aromatic heterocycles. The topological polar surface area (TPSA) is 122 Å². The van der Waals surface area contributed by atoms with Gasteiger partial charge in [-0.3, -0.25) is 14.3 Å². The number of nitriles is 1. The number of ether oxygens (including phenoxy) is 1. The summed E-state index contributed by atoms with van der Waals surface area (Å²) < 4.78 is 6.92. The predicted octanol–water partition coefficient (Wildman–Crippen LogP) is 2.80. The number of carbonyl (C=O) groups is 1. The molecule has 0 fully saturated rings. The monoisotopic (exact) mass is 501 g/mol. The van der Waals surface area contributed by atoms with E-state index in [2.05, 4.69) is 9.98 Å². The van der Waals surface area contributed by atoms with E-state index in [9.17, 15) is 14.4 Å². The Hall–Kier alpha value is -3.61. The molecule has 0 saturated heterocycles. The van der Waals surface area contributed by atoms with Gasteiger partial charge in [0.15, 0.2) is 0 Å². The van der Waals surface area contributed by atoms with Gasteiger partial charge in [0.1, 0.15) is 0 Å². The third-order valence-electron chi connectivity index (χ3n) is 5.04. The summed E-state index contributed by atoms with van der Waals surface area (Å²) in [5.41, 5.74) is 0.380. The number of carbonyl (C=O) groups excluding carboxylic acids is 1. The number of hydrogen-bond donors (Lipinski definition) is 1. The van der Waals surface area contributed by atoms with Crippen molar-refractivity contribution in [1.82, 2.24) is 14.1 Å². The predicted molar refractivity (Wildman–Crippen MR) is 127 cm³/mol. The van der Waals surface area contributed by atoms with E-state index in [0.29, 0.717) is 21.3 Å². The zero-order valence-corrected chi connectivity index (χ0v) is 19.9. The summed E-state index contributed by atoms with van der Waals surface area (Å²) in [5.74, 6) is -1.27. The second kappa shape index (κ2) is 11.0. The summed E-state index contributed by atoms with van der Waals surface area (Å²) in [6.07, 6.45) is 0.140. The zero-order valence-electron chi connectivity index (χ0n) is 18.4. The van der Waals surface area contributed by atoms with Gasteiger partial charge in [-0.25, -0.2) is 19.1 Å². The van der Waals surface area contributed by atoms with Crippen LogP contribution < -0.4 is 17.0 Å². The number of nitrogens with one attached hydrogen (secondary N) is 1. The highest BCUT2D eigenvalue weighted by atomic mass is 35.5. The molecule has 0 aliphatic carbocycles. The van der Waals surface area contributed by atoms with E-state index in [1.807, 2.05) is 6.07 Å². The molecule has 0 aliphatic rings. The Morgan fingerprint density at radius 2 is 1.88 bits per heavy atom. The van der Waals surface area contributed by atoms with Crippen molar-refractivity contribution in [3.05, 3.63) is 90.2 Å². The lowest BCUT2D eigenvalue weighted by molar-refractivity contribution is -0.145. The maximum absolute atomic E-state index is 13.3. The van der Waals surface area contributed by atoms with Crippen LogP contribution in [0.2, 0.25) is 10.0 Å². The maximum Gasteiger partial charge on any atom is 0.335 e. The van der Waals surface area contributed by atoms with Crippen LogP contribution in [0, 0.1) is 17.2 Å². The van der Waals surface area contributed by atoms with Crippen LogP contribution in [0.4, 0.5) is 5.69 Å². The van der Waals surface area contributed by atoms with Crippen molar-refractivity contribution in [2.45, 2.75) is 26.4 Å². The van der Waals surface area contributed by atoms with Crippen LogP contribution in [0.1, 0.15) is 18.1 Å². The lowest BCUT2D eigenvalue weighted by atomic mass is 10.1. The lowest BCUT2D eigenvalue weighted by Crippen LogP contribution is -2.51. The summed E-state index contributed by atoms with van der Waals surface area (Å²) in [4.78, 5) is 45.0. The van der Waals surface area contributed by atoms with Gasteiger partial charge in [0.25, 0.3) is 0 Å².